The van der Waals surface area contributed by atoms with E-state index < -0.39 is 86.8 Å². The molecule has 0 saturated carbocycles. The second kappa shape index (κ2) is 62.4. The second-order valence-electron chi connectivity index (χ2n) is 25.3. The van der Waals surface area contributed by atoms with Crippen LogP contribution in [-0.4, -0.2) is 140 Å². The minimum atomic E-state index is -1.79. The van der Waals surface area contributed by atoms with Gasteiger partial charge in [-0.15, -0.1) is 0 Å². The Hall–Kier alpha value is -4.13. The molecule has 0 aliphatic carbocycles. The molecule has 0 bridgehead atoms. The molecule has 536 valence electrons. The quantitative estimate of drug-likeness (QED) is 0.0204. The minimum absolute atomic E-state index is 0.235. The van der Waals surface area contributed by atoms with E-state index in [1.807, 2.05) is 0 Å². The van der Waals surface area contributed by atoms with E-state index in [-0.39, 0.29) is 18.9 Å². The largest absolute Gasteiger partial charge is 0.394 e. The number of unbranched alkanes of at least 4 members (excludes halogenated alkanes) is 22. The van der Waals surface area contributed by atoms with Gasteiger partial charge in [-0.05, 0) is 103 Å². The Morgan fingerprint density at radius 2 is 0.734 bits per heavy atom. The molecule has 12 atom stereocenters. The fourth-order valence-corrected chi connectivity index (χ4v) is 11.2. The van der Waals surface area contributed by atoms with Crippen LogP contribution in [0.15, 0.2) is 146 Å². The molecular weight excluding hydrogens is 1180 g/mol. The molecule has 94 heavy (non-hydrogen) atoms. The third-order valence-corrected chi connectivity index (χ3v) is 17.1. The van der Waals surface area contributed by atoms with Gasteiger partial charge in [-0.25, -0.2) is 0 Å². The molecule has 2 fully saturated rings. The predicted octanol–water partition coefficient (Wildman–Crippen LogP) is 16.0. The van der Waals surface area contributed by atoms with Crippen LogP contribution in [0, 0.1) is 0 Å². The van der Waals surface area contributed by atoms with Gasteiger partial charge in [0.25, 0.3) is 0 Å². The van der Waals surface area contributed by atoms with Gasteiger partial charge in [0, 0.05) is 6.42 Å². The summed E-state index contributed by atoms with van der Waals surface area (Å²) in [6, 6.07) is -0.854. The van der Waals surface area contributed by atoms with Crippen molar-refractivity contribution in [2.45, 2.75) is 331 Å². The van der Waals surface area contributed by atoms with Gasteiger partial charge in [-0.3, -0.25) is 4.79 Å². The Kier molecular flexibility index (Phi) is 57.1. The lowest BCUT2D eigenvalue weighted by atomic mass is 9.97. The van der Waals surface area contributed by atoms with Gasteiger partial charge in [0.1, 0.15) is 48.8 Å². The van der Waals surface area contributed by atoms with Crippen LogP contribution in [0.5, 0.6) is 0 Å². The predicted molar refractivity (Wildman–Crippen MR) is 387 cm³/mol. The molecule has 9 N–H and O–H groups in total. The molecule has 0 aromatic carbocycles. The normalized spacial score (nSPS) is 23.3. The molecule has 2 aliphatic rings. The molecule has 2 saturated heterocycles. The van der Waals surface area contributed by atoms with E-state index in [1.54, 1.807) is 0 Å². The van der Waals surface area contributed by atoms with Crippen molar-refractivity contribution < 1.29 is 64.6 Å². The molecule has 0 aromatic rings. The smallest absolute Gasteiger partial charge is 0.220 e. The van der Waals surface area contributed by atoms with Crippen LogP contribution in [0.3, 0.4) is 0 Å². The van der Waals surface area contributed by atoms with E-state index in [0.717, 1.165) is 128 Å². The fourth-order valence-electron chi connectivity index (χ4n) is 11.2. The average molecular weight is 1320 g/mol. The third kappa shape index (κ3) is 45.4. The zero-order chi connectivity index (χ0) is 68.0. The Morgan fingerprint density at radius 3 is 1.13 bits per heavy atom. The van der Waals surface area contributed by atoms with E-state index in [0.29, 0.717) is 12.8 Å². The van der Waals surface area contributed by atoms with Crippen molar-refractivity contribution in [1.29, 1.82) is 0 Å². The topological polar surface area (TPSA) is 228 Å². The summed E-state index contributed by atoms with van der Waals surface area (Å²) < 4.78 is 22.9. The first kappa shape index (κ1) is 86.0. The monoisotopic (exact) mass is 1320 g/mol. The highest BCUT2D eigenvalue weighted by Gasteiger charge is 2.51. The van der Waals surface area contributed by atoms with E-state index in [9.17, 15) is 45.6 Å². The molecule has 0 aromatic heterocycles. The Balaban J connectivity index is 1.65. The van der Waals surface area contributed by atoms with E-state index in [4.69, 9.17) is 18.9 Å². The van der Waals surface area contributed by atoms with Crippen molar-refractivity contribution in [1.82, 2.24) is 5.32 Å². The number of ether oxygens (including phenoxy) is 4. The molecule has 14 heteroatoms. The molecular formula is C80H133NO13. The highest BCUT2D eigenvalue weighted by Crippen LogP contribution is 2.30. The van der Waals surface area contributed by atoms with E-state index in [1.165, 1.54) is 96.3 Å². The Bertz CT molecular complexity index is 2140. The van der Waals surface area contributed by atoms with Crippen molar-refractivity contribution in [3.8, 4) is 0 Å². The summed E-state index contributed by atoms with van der Waals surface area (Å²) in [4.78, 5) is 13.4. The number of allylic oxidation sites excluding steroid dienone is 24. The summed E-state index contributed by atoms with van der Waals surface area (Å²) in [5, 5.41) is 87.6. The number of hydrogen-bond donors (Lipinski definition) is 9. The Morgan fingerprint density at radius 1 is 0.394 bits per heavy atom. The highest BCUT2D eigenvalue weighted by atomic mass is 16.7. The van der Waals surface area contributed by atoms with Crippen LogP contribution in [0.25, 0.3) is 0 Å². The maximum Gasteiger partial charge on any atom is 0.220 e. The standard InChI is InChI=1S/C80H133NO13/c1-3-5-7-9-11-13-15-17-19-21-23-24-25-26-27-28-29-30-31-32-33-34-35-36-37-38-39-40-41-42-43-44-46-48-50-52-54-56-58-60-62-64-72(85)81-68(69(84)63-61-59-57-55-53-51-49-47-45-22-20-18-16-14-12-10-8-6-4-2)67-91-79-77(90)75(88)78(71(66-83)93-79)94-80-76(89)74(87)73(86)70(65-82)92-80/h5,7,11,13,17,19,23-24,26-27,29-30,32-33,35-36,38-39,41-42,44,46,50,52,68-71,73-80,82-84,86-90H,3-4,6,8-10,12,14-16,18,20-22,25,28,31,34,37,40,43,45,47-49,51,53-67H2,1-2H3,(H,81,85)/b7-5-,13-11-,19-17-,24-23-,27-26-,30-29-,33-32-,36-35-,39-38-,42-41-,46-44-,52-50-. The number of hydrogen-bond acceptors (Lipinski definition) is 13. The number of rotatable bonds is 59. The lowest BCUT2D eigenvalue weighted by Crippen LogP contribution is -2.65. The van der Waals surface area contributed by atoms with Crippen molar-refractivity contribution in [3.63, 3.8) is 0 Å². The maximum atomic E-state index is 13.4. The molecule has 2 heterocycles. The number of nitrogens with one attached hydrogen (secondary N) is 1. The highest BCUT2D eigenvalue weighted by molar-refractivity contribution is 5.76. The molecule has 2 aliphatic heterocycles. The van der Waals surface area contributed by atoms with Gasteiger partial charge >= 0.3 is 0 Å². The number of amides is 1. The summed E-state index contributed by atoms with van der Waals surface area (Å²) in [6.07, 6.45) is 77.2. The van der Waals surface area contributed by atoms with Crippen LogP contribution < -0.4 is 5.32 Å². The first-order chi connectivity index (χ1) is 46.1. The number of carbonyl (C=O) groups excluding carboxylic acids is 1. The fraction of sp³-hybridized carbons (Fsp3) is 0.688. The van der Waals surface area contributed by atoms with E-state index in [2.05, 4.69) is 165 Å². The third-order valence-electron chi connectivity index (χ3n) is 17.1. The van der Waals surface area contributed by atoms with Crippen LogP contribution in [0.1, 0.15) is 258 Å². The lowest BCUT2D eigenvalue weighted by Gasteiger charge is -2.46. The number of carbonyl (C=O) groups is 1. The first-order valence-electron chi connectivity index (χ1n) is 37.1. The van der Waals surface area contributed by atoms with Crippen molar-refractivity contribution >= 4 is 5.91 Å². The number of aliphatic hydroxyl groups excluding tert-OH is 8. The molecule has 0 radical (unpaired) electrons. The molecule has 12 unspecified atom stereocenters. The summed E-state index contributed by atoms with van der Waals surface area (Å²) in [5.74, 6) is -0.235. The zero-order valence-electron chi connectivity index (χ0n) is 58.4. The van der Waals surface area contributed by atoms with Gasteiger partial charge in [0.15, 0.2) is 12.6 Å². The van der Waals surface area contributed by atoms with Gasteiger partial charge in [-0.2, -0.15) is 0 Å². The second-order valence-corrected chi connectivity index (χ2v) is 25.3. The summed E-state index contributed by atoms with van der Waals surface area (Å²) in [6.45, 7) is 2.74. The zero-order valence-corrected chi connectivity index (χ0v) is 58.4. The van der Waals surface area contributed by atoms with Gasteiger partial charge in [-0.1, -0.05) is 295 Å². The molecule has 14 nitrogen and oxygen atoms in total. The molecule has 2 rings (SSSR count). The van der Waals surface area contributed by atoms with Crippen molar-refractivity contribution in [3.05, 3.63) is 146 Å². The van der Waals surface area contributed by atoms with E-state index >= 15 is 0 Å². The van der Waals surface area contributed by atoms with Crippen molar-refractivity contribution in [2.75, 3.05) is 19.8 Å². The summed E-state index contributed by atoms with van der Waals surface area (Å²) >= 11 is 0. The van der Waals surface area contributed by atoms with Crippen LogP contribution in [-0.2, 0) is 23.7 Å². The summed E-state index contributed by atoms with van der Waals surface area (Å²) in [7, 11) is 0. The maximum absolute atomic E-state index is 13.4. The van der Waals surface area contributed by atoms with Crippen LogP contribution in [0.4, 0.5) is 0 Å². The SMILES string of the molecule is CC/C=C\C/C=C\C/C=C\C/C=C\C/C=C\C/C=C\C/C=C\C/C=C\C/C=C\C/C=C\C/C=C\C/C=C\CCCCCCC(=O)NC(COC1OC(CO)C(OC2OC(CO)C(O)C(O)C2O)C(O)C1O)C(O)CCCCCCCCCCCCCCCCCCCCC. The lowest BCUT2D eigenvalue weighted by molar-refractivity contribution is -0.359. The molecule has 0 spiro atoms. The minimum Gasteiger partial charge on any atom is -0.394 e. The van der Waals surface area contributed by atoms with Gasteiger partial charge < -0.3 is 65.1 Å². The van der Waals surface area contributed by atoms with Gasteiger partial charge in [0.2, 0.25) is 5.91 Å². The van der Waals surface area contributed by atoms with Crippen LogP contribution in [0.2, 0.25) is 0 Å². The first-order valence-corrected chi connectivity index (χ1v) is 37.1. The average Bonchev–Trinajstić information content (AvgIpc) is 0.794. The van der Waals surface area contributed by atoms with Crippen molar-refractivity contribution in [2.24, 2.45) is 0 Å². The number of aliphatic hydroxyl groups is 8. The van der Waals surface area contributed by atoms with Crippen LogP contribution >= 0.6 is 0 Å². The molecule has 1 amide bonds. The Labute approximate surface area is 570 Å². The van der Waals surface area contributed by atoms with Gasteiger partial charge in [0.05, 0.1) is 32.0 Å². The summed E-state index contributed by atoms with van der Waals surface area (Å²) in [5.41, 5.74) is 0.